The summed E-state index contributed by atoms with van der Waals surface area (Å²) in [5, 5.41) is 11.3. The number of benzene rings is 2. The minimum atomic E-state index is -0.756. The van der Waals surface area contributed by atoms with Crippen LogP contribution < -0.4 is 10.2 Å². The van der Waals surface area contributed by atoms with Gasteiger partial charge in [0.15, 0.2) is 0 Å². The normalized spacial score (nSPS) is 12.2. The van der Waals surface area contributed by atoms with Crippen molar-refractivity contribution in [2.75, 3.05) is 5.32 Å². The molecule has 1 aromatic heterocycles. The lowest BCUT2D eigenvalue weighted by molar-refractivity contribution is -0.127. The van der Waals surface area contributed by atoms with E-state index >= 15 is 0 Å². The summed E-state index contributed by atoms with van der Waals surface area (Å²) in [6, 6.07) is 11.0. The standard InChI is InChI=1S/C17H17ClN4O2/c1-10-4-5-11(2)15(8-10)19-17(23)12(3)24-22-16-9-13(18)6-7-14(16)20-21-22/h4-9,12H,1-3H3,(H,19,23)/t12-/m1/s1. The molecule has 0 saturated carbocycles. The molecule has 24 heavy (non-hydrogen) atoms. The third-order valence-corrected chi connectivity index (χ3v) is 3.89. The van der Waals surface area contributed by atoms with Crippen LogP contribution in [0.2, 0.25) is 5.02 Å². The van der Waals surface area contributed by atoms with Gasteiger partial charge < -0.3 is 10.2 Å². The summed E-state index contributed by atoms with van der Waals surface area (Å²) in [5.74, 6) is -0.269. The van der Waals surface area contributed by atoms with E-state index in [1.165, 1.54) is 4.85 Å². The highest BCUT2D eigenvalue weighted by atomic mass is 35.5. The first-order valence-corrected chi connectivity index (χ1v) is 7.88. The molecule has 124 valence electrons. The number of carbonyl (C=O) groups is 1. The highest BCUT2D eigenvalue weighted by Crippen LogP contribution is 2.18. The van der Waals surface area contributed by atoms with Crippen LogP contribution in [-0.2, 0) is 4.79 Å². The van der Waals surface area contributed by atoms with Crippen LogP contribution in [0.25, 0.3) is 11.0 Å². The Morgan fingerprint density at radius 3 is 2.83 bits per heavy atom. The molecule has 7 heteroatoms. The fourth-order valence-corrected chi connectivity index (χ4v) is 2.42. The average Bonchev–Trinajstić information content (AvgIpc) is 2.93. The number of carbonyl (C=O) groups excluding carboxylic acids is 1. The number of fused-ring (bicyclic) bond motifs is 1. The van der Waals surface area contributed by atoms with Crippen molar-refractivity contribution >= 4 is 34.2 Å². The monoisotopic (exact) mass is 344 g/mol. The number of halogens is 1. The SMILES string of the molecule is Cc1ccc(C)c(NC(=O)[C@@H](C)On2nnc3ccc(Cl)cc32)c1. The molecule has 1 heterocycles. The Balaban J connectivity index is 1.76. The molecule has 1 N–H and O–H groups in total. The van der Waals surface area contributed by atoms with Crippen LogP contribution in [-0.4, -0.2) is 27.2 Å². The van der Waals surface area contributed by atoms with Crippen LogP contribution in [0.3, 0.4) is 0 Å². The van der Waals surface area contributed by atoms with Gasteiger partial charge in [0.2, 0.25) is 6.10 Å². The Bertz CT molecular complexity index is 907. The number of aryl methyl sites for hydroxylation is 2. The fourth-order valence-electron chi connectivity index (χ4n) is 2.25. The first-order chi connectivity index (χ1) is 11.4. The fraction of sp³-hybridized carbons (Fsp3) is 0.235. The maximum absolute atomic E-state index is 12.4. The molecule has 0 saturated heterocycles. The molecule has 6 nitrogen and oxygen atoms in total. The van der Waals surface area contributed by atoms with Gasteiger partial charge in [0.05, 0.1) is 0 Å². The van der Waals surface area contributed by atoms with E-state index < -0.39 is 6.10 Å². The summed E-state index contributed by atoms with van der Waals surface area (Å²) in [7, 11) is 0. The number of nitrogens with one attached hydrogen (secondary N) is 1. The van der Waals surface area contributed by atoms with Crippen molar-refractivity contribution < 1.29 is 9.63 Å². The van der Waals surface area contributed by atoms with Crippen LogP contribution in [0.15, 0.2) is 36.4 Å². The zero-order valence-electron chi connectivity index (χ0n) is 13.6. The molecule has 0 aliphatic heterocycles. The van der Waals surface area contributed by atoms with E-state index in [1.54, 1.807) is 25.1 Å². The number of nitrogens with zero attached hydrogens (tertiary/aromatic N) is 3. The summed E-state index contributed by atoms with van der Waals surface area (Å²) >= 11 is 5.98. The number of hydrogen-bond acceptors (Lipinski definition) is 4. The topological polar surface area (TPSA) is 69.0 Å². The molecule has 0 fully saturated rings. The first kappa shape index (κ1) is 16.3. The van der Waals surface area contributed by atoms with E-state index in [-0.39, 0.29) is 5.91 Å². The predicted octanol–water partition coefficient (Wildman–Crippen LogP) is 3.16. The summed E-state index contributed by atoms with van der Waals surface area (Å²) in [6.45, 7) is 5.56. The van der Waals surface area contributed by atoms with Crippen molar-refractivity contribution in [1.29, 1.82) is 0 Å². The smallest absolute Gasteiger partial charge is 0.267 e. The lowest BCUT2D eigenvalue weighted by Crippen LogP contribution is -2.35. The molecule has 1 amide bonds. The first-order valence-electron chi connectivity index (χ1n) is 7.50. The third-order valence-electron chi connectivity index (χ3n) is 3.66. The van der Waals surface area contributed by atoms with Gasteiger partial charge in [0.1, 0.15) is 11.0 Å². The molecule has 1 atom stereocenters. The lowest BCUT2D eigenvalue weighted by Gasteiger charge is -2.15. The number of amides is 1. The number of hydrogen-bond donors (Lipinski definition) is 1. The molecule has 0 aliphatic rings. The van der Waals surface area contributed by atoms with Gasteiger partial charge in [-0.2, -0.15) is 0 Å². The summed E-state index contributed by atoms with van der Waals surface area (Å²) in [4.78, 5) is 19.2. The summed E-state index contributed by atoms with van der Waals surface area (Å²) in [5.41, 5.74) is 4.07. The zero-order valence-corrected chi connectivity index (χ0v) is 14.3. The van der Waals surface area contributed by atoms with Crippen molar-refractivity contribution in [2.24, 2.45) is 0 Å². The maximum Gasteiger partial charge on any atom is 0.267 e. The second-order valence-corrected chi connectivity index (χ2v) is 6.09. The van der Waals surface area contributed by atoms with Crippen LogP contribution >= 0.6 is 11.6 Å². The van der Waals surface area contributed by atoms with Gasteiger partial charge in [-0.25, -0.2) is 0 Å². The third kappa shape index (κ3) is 3.33. The quantitative estimate of drug-likeness (QED) is 0.789. The highest BCUT2D eigenvalue weighted by molar-refractivity contribution is 6.31. The Hall–Kier alpha value is -2.60. The second-order valence-electron chi connectivity index (χ2n) is 5.65. The Morgan fingerprint density at radius 2 is 2.04 bits per heavy atom. The molecule has 0 radical (unpaired) electrons. The largest absolute Gasteiger partial charge is 0.382 e. The van der Waals surface area contributed by atoms with E-state index in [4.69, 9.17) is 16.4 Å². The highest BCUT2D eigenvalue weighted by Gasteiger charge is 2.18. The molecule has 0 unspecified atom stereocenters. The second kappa shape index (κ2) is 6.49. The van der Waals surface area contributed by atoms with Crippen molar-refractivity contribution in [2.45, 2.75) is 26.9 Å². The molecule has 0 bridgehead atoms. The minimum absolute atomic E-state index is 0.269. The molecule has 2 aromatic carbocycles. The molecule has 3 aromatic rings. The summed E-state index contributed by atoms with van der Waals surface area (Å²) in [6.07, 6.45) is -0.756. The van der Waals surface area contributed by atoms with Gasteiger partial charge in [-0.3, -0.25) is 4.79 Å². The Morgan fingerprint density at radius 1 is 1.25 bits per heavy atom. The number of aromatic nitrogens is 3. The van der Waals surface area contributed by atoms with Crippen LogP contribution in [0, 0.1) is 13.8 Å². The van der Waals surface area contributed by atoms with E-state index in [0.717, 1.165) is 16.8 Å². The van der Waals surface area contributed by atoms with Crippen LogP contribution in [0.1, 0.15) is 18.1 Å². The van der Waals surface area contributed by atoms with Crippen molar-refractivity contribution in [3.63, 3.8) is 0 Å². The van der Waals surface area contributed by atoms with Gasteiger partial charge in [0.25, 0.3) is 5.91 Å². The van der Waals surface area contributed by atoms with Gasteiger partial charge in [-0.15, -0.1) is 5.10 Å². The minimum Gasteiger partial charge on any atom is -0.382 e. The summed E-state index contributed by atoms with van der Waals surface area (Å²) < 4.78 is 0. The molecular weight excluding hydrogens is 328 g/mol. The molecule has 0 spiro atoms. The van der Waals surface area contributed by atoms with E-state index in [1.807, 2.05) is 32.0 Å². The molecule has 3 rings (SSSR count). The van der Waals surface area contributed by atoms with E-state index in [0.29, 0.717) is 16.1 Å². The van der Waals surface area contributed by atoms with Gasteiger partial charge in [-0.05, 0) is 61.4 Å². The predicted molar refractivity (Wildman–Crippen MR) is 93.1 cm³/mol. The van der Waals surface area contributed by atoms with Crippen LogP contribution in [0.4, 0.5) is 5.69 Å². The Labute approximate surface area is 144 Å². The number of rotatable bonds is 4. The van der Waals surface area contributed by atoms with Crippen molar-refractivity contribution in [3.8, 4) is 0 Å². The number of anilines is 1. The maximum atomic E-state index is 12.4. The van der Waals surface area contributed by atoms with E-state index in [2.05, 4.69) is 15.6 Å². The van der Waals surface area contributed by atoms with Gasteiger partial charge >= 0.3 is 0 Å². The van der Waals surface area contributed by atoms with Crippen molar-refractivity contribution in [1.82, 2.24) is 15.2 Å². The van der Waals surface area contributed by atoms with Gasteiger partial charge in [-0.1, -0.05) is 28.6 Å². The lowest BCUT2D eigenvalue weighted by atomic mass is 10.1. The average molecular weight is 345 g/mol. The van der Waals surface area contributed by atoms with Crippen molar-refractivity contribution in [3.05, 3.63) is 52.5 Å². The Kier molecular flexibility index (Phi) is 4.40. The van der Waals surface area contributed by atoms with Gasteiger partial charge in [0, 0.05) is 10.7 Å². The zero-order chi connectivity index (χ0) is 17.3. The molecule has 0 aliphatic carbocycles. The van der Waals surface area contributed by atoms with E-state index in [9.17, 15) is 4.79 Å². The van der Waals surface area contributed by atoms with Crippen LogP contribution in [0.5, 0.6) is 0 Å². The molecular formula is C17H17ClN4O2.